The Kier molecular flexibility index (Phi) is 1.84. The van der Waals surface area contributed by atoms with Gasteiger partial charge < -0.3 is 9.85 Å². The Bertz CT molecular complexity index is 151. The minimum absolute atomic E-state index is 0.0605. The number of hydrogen-bond acceptors (Lipinski definition) is 1. The van der Waals surface area contributed by atoms with Gasteiger partial charge in [-0.2, -0.15) is 0 Å². The summed E-state index contributed by atoms with van der Waals surface area (Å²) in [4.78, 5) is 0. The second-order valence-corrected chi connectivity index (χ2v) is 3.29. The minimum atomic E-state index is -0.0605. The number of rotatable bonds is 1. The first-order valence-corrected chi connectivity index (χ1v) is 3.77. The molecule has 3 unspecified atom stereocenters. The summed E-state index contributed by atoms with van der Waals surface area (Å²) in [5.41, 5.74) is 0. The number of allylic oxidation sites excluding steroid dienone is 1. The van der Waals surface area contributed by atoms with Crippen molar-refractivity contribution in [3.63, 3.8) is 0 Å². The van der Waals surface area contributed by atoms with Gasteiger partial charge in [0, 0.05) is 0 Å². The third-order valence-corrected chi connectivity index (χ3v) is 2.49. The van der Waals surface area contributed by atoms with Crippen molar-refractivity contribution in [1.29, 1.82) is 0 Å². The van der Waals surface area contributed by atoms with Gasteiger partial charge >= 0.3 is 0 Å². The highest BCUT2D eigenvalue weighted by Gasteiger charge is 2.40. The van der Waals surface area contributed by atoms with Gasteiger partial charge in [0.15, 0.2) is 0 Å². The Morgan fingerprint density at radius 2 is 2.20 bits per heavy atom. The third kappa shape index (κ3) is 1.09. The van der Waals surface area contributed by atoms with Crippen LogP contribution in [-0.2, 0) is 0 Å². The molecule has 3 atom stereocenters. The summed E-state index contributed by atoms with van der Waals surface area (Å²) in [5.74, 6) is 0.521. The van der Waals surface area contributed by atoms with Crippen molar-refractivity contribution < 1.29 is 4.65 Å². The van der Waals surface area contributed by atoms with Gasteiger partial charge in [-0.3, -0.25) is 0 Å². The molecule has 2 heteroatoms. The van der Waals surface area contributed by atoms with Gasteiger partial charge in [0.25, 0.3) is 0 Å². The second kappa shape index (κ2) is 2.36. The predicted molar refractivity (Wildman–Crippen MR) is 42.2 cm³/mol. The van der Waals surface area contributed by atoms with Crippen molar-refractivity contribution in [1.82, 2.24) is 0 Å². The highest BCUT2D eigenvalue weighted by Crippen LogP contribution is 2.30. The average molecular weight is 141 g/mol. The molecule has 1 heterocycles. The summed E-state index contributed by atoms with van der Waals surface area (Å²) in [6.45, 7) is 4.77. The monoisotopic (exact) mass is 141 g/mol. The molecule has 1 aliphatic rings. The van der Waals surface area contributed by atoms with Crippen molar-refractivity contribution in [3.05, 3.63) is 17.4 Å². The molecule has 0 radical (unpaired) electrons. The summed E-state index contributed by atoms with van der Waals surface area (Å²) in [6, 6.07) is 0.260. The van der Waals surface area contributed by atoms with Gasteiger partial charge in [-0.15, -0.1) is 0 Å². The van der Waals surface area contributed by atoms with Crippen LogP contribution in [0.2, 0.25) is 0 Å². The molecule has 0 saturated carbocycles. The minimum Gasteiger partial charge on any atom is -0.633 e. The van der Waals surface area contributed by atoms with Crippen LogP contribution < -0.4 is 0 Å². The van der Waals surface area contributed by atoms with Gasteiger partial charge in [-0.1, -0.05) is 12.2 Å². The van der Waals surface area contributed by atoms with E-state index in [1.165, 1.54) is 0 Å². The van der Waals surface area contributed by atoms with Gasteiger partial charge in [-0.25, -0.2) is 0 Å². The maximum atomic E-state index is 11.3. The van der Waals surface area contributed by atoms with Crippen molar-refractivity contribution in [2.24, 2.45) is 5.92 Å². The lowest BCUT2D eigenvalue weighted by Gasteiger charge is -2.56. The SMILES string of the molecule is CC=CC1C[N+](C)([O-])C1C. The first-order valence-electron chi connectivity index (χ1n) is 3.77. The Morgan fingerprint density at radius 1 is 1.60 bits per heavy atom. The molecule has 1 aliphatic heterocycles. The fourth-order valence-electron chi connectivity index (χ4n) is 1.47. The molecule has 0 aromatic carbocycles. The van der Waals surface area contributed by atoms with Crippen LogP contribution in [0.15, 0.2) is 12.2 Å². The molecule has 0 aromatic heterocycles. The predicted octanol–water partition coefficient (Wildman–Crippen LogP) is 1.53. The molecule has 58 valence electrons. The highest BCUT2D eigenvalue weighted by molar-refractivity contribution is 4.94. The summed E-state index contributed by atoms with van der Waals surface area (Å²) in [5, 5.41) is 11.3. The lowest BCUT2D eigenvalue weighted by Crippen LogP contribution is -2.63. The van der Waals surface area contributed by atoms with E-state index in [0.717, 1.165) is 6.54 Å². The second-order valence-electron chi connectivity index (χ2n) is 3.29. The fraction of sp³-hybridized carbons (Fsp3) is 0.750. The topological polar surface area (TPSA) is 23.1 Å². The zero-order valence-electron chi connectivity index (χ0n) is 6.87. The molecule has 0 N–H and O–H groups in total. The van der Waals surface area contributed by atoms with Crippen LogP contribution in [0.3, 0.4) is 0 Å². The van der Waals surface area contributed by atoms with E-state index in [2.05, 4.69) is 6.08 Å². The van der Waals surface area contributed by atoms with Crippen LogP contribution in [0, 0.1) is 11.1 Å². The zero-order chi connectivity index (χ0) is 7.78. The largest absolute Gasteiger partial charge is 0.633 e. The van der Waals surface area contributed by atoms with Crippen LogP contribution in [-0.4, -0.2) is 24.3 Å². The van der Waals surface area contributed by atoms with E-state index >= 15 is 0 Å². The third-order valence-electron chi connectivity index (χ3n) is 2.49. The molecule has 1 rings (SSSR count). The molecule has 0 spiro atoms. The van der Waals surface area contributed by atoms with Crippen molar-refractivity contribution >= 4 is 0 Å². The lowest BCUT2D eigenvalue weighted by molar-refractivity contribution is -0.935. The lowest BCUT2D eigenvalue weighted by atomic mass is 9.89. The highest BCUT2D eigenvalue weighted by atomic mass is 16.6. The number of quaternary nitrogens is 1. The maximum Gasteiger partial charge on any atom is 0.0975 e. The molecule has 0 aromatic rings. The number of hydrogen-bond donors (Lipinski definition) is 0. The smallest absolute Gasteiger partial charge is 0.0975 e. The average Bonchev–Trinajstić information content (AvgIpc) is 1.87. The van der Waals surface area contributed by atoms with Crippen molar-refractivity contribution in [2.45, 2.75) is 19.9 Å². The van der Waals surface area contributed by atoms with E-state index in [0.29, 0.717) is 5.92 Å². The van der Waals surface area contributed by atoms with E-state index in [9.17, 15) is 5.21 Å². The quantitative estimate of drug-likeness (QED) is 0.308. The molecule has 1 fully saturated rings. The van der Waals surface area contributed by atoms with Crippen LogP contribution in [0.25, 0.3) is 0 Å². The normalized spacial score (nSPS) is 47.6. The molecule has 0 aliphatic carbocycles. The van der Waals surface area contributed by atoms with Crippen LogP contribution in [0.1, 0.15) is 13.8 Å². The van der Waals surface area contributed by atoms with Gasteiger partial charge in [0.1, 0.15) is 0 Å². The maximum absolute atomic E-state index is 11.3. The zero-order valence-corrected chi connectivity index (χ0v) is 6.87. The van der Waals surface area contributed by atoms with Crippen LogP contribution in [0.5, 0.6) is 0 Å². The van der Waals surface area contributed by atoms with Crippen molar-refractivity contribution in [2.75, 3.05) is 13.6 Å². The Morgan fingerprint density at radius 3 is 2.50 bits per heavy atom. The molecule has 0 bridgehead atoms. The molecule has 0 amide bonds. The summed E-state index contributed by atoms with van der Waals surface area (Å²) >= 11 is 0. The van der Waals surface area contributed by atoms with E-state index in [1.807, 2.05) is 19.9 Å². The Hall–Kier alpha value is -0.340. The first kappa shape index (κ1) is 7.76. The Labute approximate surface area is 62.3 Å². The van der Waals surface area contributed by atoms with Crippen molar-refractivity contribution in [3.8, 4) is 0 Å². The van der Waals surface area contributed by atoms with Crippen LogP contribution >= 0.6 is 0 Å². The summed E-state index contributed by atoms with van der Waals surface area (Å²) in [7, 11) is 1.74. The summed E-state index contributed by atoms with van der Waals surface area (Å²) in [6.07, 6.45) is 4.16. The molecular formula is C8H15NO. The van der Waals surface area contributed by atoms with E-state index in [1.54, 1.807) is 7.05 Å². The molecular weight excluding hydrogens is 126 g/mol. The van der Waals surface area contributed by atoms with Gasteiger partial charge in [0.2, 0.25) is 0 Å². The first-order chi connectivity index (χ1) is 4.58. The van der Waals surface area contributed by atoms with Crippen LogP contribution in [0.4, 0.5) is 0 Å². The molecule has 2 nitrogen and oxygen atoms in total. The number of hydroxylamine groups is 3. The molecule has 1 saturated heterocycles. The fourth-order valence-corrected chi connectivity index (χ4v) is 1.47. The number of likely N-dealkylation sites (tertiary alicyclic amines) is 1. The van der Waals surface area contributed by atoms with Gasteiger partial charge in [-0.05, 0) is 13.8 Å². The number of nitrogens with zero attached hydrogens (tertiary/aromatic N) is 1. The Balaban J connectivity index is 2.47. The van der Waals surface area contributed by atoms with E-state index < -0.39 is 0 Å². The molecule has 10 heavy (non-hydrogen) atoms. The van der Waals surface area contributed by atoms with E-state index in [-0.39, 0.29) is 10.7 Å². The van der Waals surface area contributed by atoms with E-state index in [4.69, 9.17) is 0 Å². The standard InChI is InChI=1S/C8H15NO/c1-4-5-8-6-9(3,10)7(8)2/h4-5,7-8H,6H2,1-3H3. The van der Waals surface area contributed by atoms with Gasteiger partial charge in [0.05, 0.1) is 25.6 Å². The summed E-state index contributed by atoms with van der Waals surface area (Å²) < 4.78 is -0.0605.